The minimum atomic E-state index is -2.77. The highest BCUT2D eigenvalue weighted by molar-refractivity contribution is 9.10. The topological polar surface area (TPSA) is 46.3 Å². The summed E-state index contributed by atoms with van der Waals surface area (Å²) in [7, 11) is 0. The first-order chi connectivity index (χ1) is 9.87. The van der Waals surface area contributed by atoms with Crippen molar-refractivity contribution in [2.75, 3.05) is 13.1 Å². The zero-order valence-electron chi connectivity index (χ0n) is 11.5. The minimum absolute atomic E-state index is 0.0742. The van der Waals surface area contributed by atoms with E-state index in [-0.39, 0.29) is 24.8 Å². The Bertz CT molecular complexity index is 579. The summed E-state index contributed by atoms with van der Waals surface area (Å²) in [6.07, 6.45) is 1.40. The van der Waals surface area contributed by atoms with Gasteiger partial charge >= 0.3 is 0 Å². The number of fused-ring (bicyclic) bond motifs is 1. The molecule has 0 saturated carbocycles. The van der Waals surface area contributed by atoms with Crippen molar-refractivity contribution in [1.29, 1.82) is 0 Å². The Morgan fingerprint density at radius 1 is 1.48 bits per heavy atom. The van der Waals surface area contributed by atoms with Crippen LogP contribution in [-0.4, -0.2) is 35.9 Å². The number of aryl methyl sites for hydroxylation is 1. The number of rotatable bonds is 2. The third-order valence-electron chi connectivity index (χ3n) is 4.43. The van der Waals surface area contributed by atoms with Crippen LogP contribution in [0.2, 0.25) is 0 Å². The molecule has 0 spiro atoms. The summed E-state index contributed by atoms with van der Waals surface area (Å²) in [5.41, 5.74) is 8.35. The van der Waals surface area contributed by atoms with Gasteiger partial charge in [-0.1, -0.05) is 22.0 Å². The maximum Gasteiger partial charge on any atom is 0.267 e. The lowest BCUT2D eigenvalue weighted by atomic mass is 9.93. The molecule has 1 aliphatic heterocycles. The summed E-state index contributed by atoms with van der Waals surface area (Å²) >= 11 is 3.43. The molecule has 1 fully saturated rings. The second kappa shape index (κ2) is 5.32. The van der Waals surface area contributed by atoms with Crippen LogP contribution in [0.4, 0.5) is 8.78 Å². The van der Waals surface area contributed by atoms with E-state index in [1.807, 2.05) is 18.2 Å². The fourth-order valence-corrected chi connectivity index (χ4v) is 3.71. The van der Waals surface area contributed by atoms with Crippen LogP contribution < -0.4 is 5.73 Å². The van der Waals surface area contributed by atoms with Crippen LogP contribution in [0, 0.1) is 0 Å². The number of alkyl halides is 2. The number of carbonyl (C=O) groups is 1. The minimum Gasteiger partial charge on any atom is -0.335 e. The van der Waals surface area contributed by atoms with E-state index in [9.17, 15) is 13.6 Å². The molecule has 1 heterocycles. The van der Waals surface area contributed by atoms with Crippen LogP contribution in [0.3, 0.4) is 0 Å². The van der Waals surface area contributed by atoms with E-state index in [1.54, 1.807) is 0 Å². The second-order valence-corrected chi connectivity index (χ2v) is 6.80. The summed E-state index contributed by atoms with van der Waals surface area (Å²) < 4.78 is 27.5. The second-order valence-electron chi connectivity index (χ2n) is 5.88. The van der Waals surface area contributed by atoms with Gasteiger partial charge in [-0.2, -0.15) is 0 Å². The normalized spacial score (nSPS) is 25.0. The number of carbonyl (C=O) groups excluding carboxylic acids is 1. The Balaban J connectivity index is 1.75. The van der Waals surface area contributed by atoms with E-state index in [0.717, 1.165) is 22.9 Å². The van der Waals surface area contributed by atoms with Crippen molar-refractivity contribution in [3.63, 3.8) is 0 Å². The molecule has 3 rings (SSSR count). The lowest BCUT2D eigenvalue weighted by molar-refractivity contribution is -0.133. The molecule has 2 N–H and O–H groups in total. The van der Waals surface area contributed by atoms with Crippen molar-refractivity contribution in [2.24, 2.45) is 5.73 Å². The largest absolute Gasteiger partial charge is 0.335 e. The molecule has 6 heteroatoms. The number of benzene rings is 1. The van der Waals surface area contributed by atoms with Crippen molar-refractivity contribution in [2.45, 2.75) is 37.1 Å². The molecule has 1 saturated heterocycles. The zero-order chi connectivity index (χ0) is 15.2. The molecule has 0 aromatic heterocycles. The SMILES string of the molecule is N[C@H](C(=O)N1CCC(F)(F)C1)[C@H]1CCc2cc(Br)ccc21. The molecule has 1 aromatic rings. The van der Waals surface area contributed by atoms with Gasteiger partial charge in [-0.05, 0) is 36.1 Å². The molecule has 0 unspecified atom stereocenters. The van der Waals surface area contributed by atoms with Crippen molar-refractivity contribution < 1.29 is 13.6 Å². The van der Waals surface area contributed by atoms with Crippen LogP contribution in [0.1, 0.15) is 29.9 Å². The number of halogens is 3. The van der Waals surface area contributed by atoms with E-state index < -0.39 is 18.5 Å². The van der Waals surface area contributed by atoms with Crippen molar-refractivity contribution in [1.82, 2.24) is 4.90 Å². The summed E-state index contributed by atoms with van der Waals surface area (Å²) in [6.45, 7) is -0.404. The molecular weight excluding hydrogens is 342 g/mol. The highest BCUT2D eigenvalue weighted by Gasteiger charge is 2.43. The van der Waals surface area contributed by atoms with Gasteiger partial charge in [-0.25, -0.2) is 8.78 Å². The third-order valence-corrected chi connectivity index (χ3v) is 4.92. The molecule has 1 amide bonds. The maximum absolute atomic E-state index is 13.2. The van der Waals surface area contributed by atoms with E-state index in [2.05, 4.69) is 15.9 Å². The van der Waals surface area contributed by atoms with Crippen molar-refractivity contribution in [3.8, 4) is 0 Å². The van der Waals surface area contributed by atoms with Crippen LogP contribution in [0.15, 0.2) is 22.7 Å². The molecule has 21 heavy (non-hydrogen) atoms. The Morgan fingerprint density at radius 3 is 2.90 bits per heavy atom. The van der Waals surface area contributed by atoms with Crippen LogP contribution in [-0.2, 0) is 11.2 Å². The predicted molar refractivity (Wildman–Crippen MR) is 79.3 cm³/mol. The van der Waals surface area contributed by atoms with Crippen molar-refractivity contribution in [3.05, 3.63) is 33.8 Å². The molecule has 0 bridgehead atoms. The lowest BCUT2D eigenvalue weighted by Crippen LogP contribution is -2.46. The number of hydrogen-bond donors (Lipinski definition) is 1. The molecular formula is C15H17BrF2N2O. The molecule has 3 nitrogen and oxygen atoms in total. The molecule has 2 aliphatic rings. The van der Waals surface area contributed by atoms with E-state index in [0.29, 0.717) is 0 Å². The van der Waals surface area contributed by atoms with E-state index >= 15 is 0 Å². The average molecular weight is 359 g/mol. The maximum atomic E-state index is 13.2. The van der Waals surface area contributed by atoms with Gasteiger partial charge in [0, 0.05) is 23.4 Å². The monoisotopic (exact) mass is 358 g/mol. The molecule has 1 aliphatic carbocycles. The lowest BCUT2D eigenvalue weighted by Gasteiger charge is -2.25. The van der Waals surface area contributed by atoms with Gasteiger partial charge in [0.05, 0.1) is 12.6 Å². The van der Waals surface area contributed by atoms with Gasteiger partial charge in [-0.15, -0.1) is 0 Å². The first-order valence-corrected chi connectivity index (χ1v) is 7.87. The Hall–Kier alpha value is -1.01. The number of hydrogen-bond acceptors (Lipinski definition) is 2. The summed E-state index contributed by atoms with van der Waals surface area (Å²) in [6, 6.07) is 5.21. The number of nitrogens with zero attached hydrogens (tertiary/aromatic N) is 1. The van der Waals surface area contributed by atoms with Crippen molar-refractivity contribution >= 4 is 21.8 Å². The number of amides is 1. The number of nitrogens with two attached hydrogens (primary N) is 1. The highest BCUT2D eigenvalue weighted by Crippen LogP contribution is 2.37. The first kappa shape index (κ1) is 14.9. The van der Waals surface area contributed by atoms with Gasteiger partial charge in [0.25, 0.3) is 5.92 Å². The van der Waals surface area contributed by atoms with Gasteiger partial charge in [0.15, 0.2) is 0 Å². The molecule has 2 atom stereocenters. The summed E-state index contributed by atoms with van der Waals surface area (Å²) in [5, 5.41) is 0. The smallest absolute Gasteiger partial charge is 0.267 e. The van der Waals surface area contributed by atoms with Gasteiger partial charge in [-0.3, -0.25) is 4.79 Å². The van der Waals surface area contributed by atoms with Gasteiger partial charge in [0.1, 0.15) is 0 Å². The van der Waals surface area contributed by atoms with E-state index in [1.165, 1.54) is 10.5 Å². The van der Waals surface area contributed by atoms with E-state index in [4.69, 9.17) is 5.73 Å². The Kier molecular flexibility index (Phi) is 3.78. The molecule has 114 valence electrons. The quantitative estimate of drug-likeness (QED) is 0.883. The van der Waals surface area contributed by atoms with Gasteiger partial charge < -0.3 is 10.6 Å². The fourth-order valence-electron chi connectivity index (χ4n) is 3.30. The Morgan fingerprint density at radius 2 is 2.24 bits per heavy atom. The third kappa shape index (κ3) is 2.83. The van der Waals surface area contributed by atoms with Crippen LogP contribution >= 0.6 is 15.9 Å². The number of likely N-dealkylation sites (tertiary alicyclic amines) is 1. The summed E-state index contributed by atoms with van der Waals surface area (Å²) in [4.78, 5) is 13.6. The zero-order valence-corrected chi connectivity index (χ0v) is 13.1. The predicted octanol–water partition coefficient (Wildman–Crippen LogP) is 2.67. The Labute approximate surface area is 130 Å². The standard InChI is InChI=1S/C15H17BrF2N2O/c16-10-2-4-11-9(7-10)1-3-12(11)13(19)14(21)20-6-5-15(17,18)8-20/h2,4,7,12-13H,1,3,5-6,8,19H2/t12-,13-/m0/s1. The highest BCUT2D eigenvalue weighted by atomic mass is 79.9. The summed E-state index contributed by atoms with van der Waals surface area (Å²) in [5.74, 6) is -3.20. The first-order valence-electron chi connectivity index (χ1n) is 7.08. The van der Waals surface area contributed by atoms with Gasteiger partial charge in [0.2, 0.25) is 5.91 Å². The fraction of sp³-hybridized carbons (Fsp3) is 0.533. The van der Waals surface area contributed by atoms with Crippen LogP contribution in [0.5, 0.6) is 0 Å². The molecule has 0 radical (unpaired) electrons. The average Bonchev–Trinajstić information content (AvgIpc) is 2.99. The molecule has 1 aromatic carbocycles. The van der Waals surface area contributed by atoms with Crippen LogP contribution in [0.25, 0.3) is 0 Å².